The summed E-state index contributed by atoms with van der Waals surface area (Å²) in [6.45, 7) is 2.00. The molecule has 0 aliphatic carbocycles. The van der Waals surface area contributed by atoms with Crippen LogP contribution in [-0.4, -0.2) is 40.3 Å². The molecule has 0 aliphatic rings. The third-order valence-electron chi connectivity index (χ3n) is 2.29. The van der Waals surface area contributed by atoms with E-state index in [1.54, 1.807) is 25.3 Å². The first-order valence-corrected chi connectivity index (χ1v) is 6.05. The fraction of sp³-hybridized carbons (Fsp3) is 0.231. The molecule has 0 saturated heterocycles. The molecule has 0 unspecified atom stereocenters. The number of nitrogens with zero attached hydrogens (tertiary/aromatic N) is 4. The Labute approximate surface area is 115 Å². The van der Waals surface area contributed by atoms with Crippen LogP contribution in [0.5, 0.6) is 5.75 Å². The Balaban J connectivity index is 1.88. The lowest BCUT2D eigenvalue weighted by molar-refractivity contribution is -0.145. The predicted octanol–water partition coefficient (Wildman–Crippen LogP) is 1.10. The third-order valence-corrected chi connectivity index (χ3v) is 2.29. The predicted molar refractivity (Wildman–Crippen MR) is 71.6 cm³/mol. The Bertz CT molecular complexity index is 564. The van der Waals surface area contributed by atoms with E-state index in [-0.39, 0.29) is 12.6 Å². The Morgan fingerprint density at radius 2 is 2.00 bits per heavy atom. The van der Waals surface area contributed by atoms with Crippen LogP contribution in [0.2, 0.25) is 0 Å². The number of carbonyl (C=O) groups excluding carboxylic acids is 1. The molecule has 0 radical (unpaired) electrons. The van der Waals surface area contributed by atoms with Crippen molar-refractivity contribution in [3.8, 4) is 5.75 Å². The van der Waals surface area contributed by atoms with E-state index in [1.807, 2.05) is 12.1 Å². The van der Waals surface area contributed by atoms with Gasteiger partial charge in [0.1, 0.15) is 18.4 Å². The topological polar surface area (TPSA) is 78.6 Å². The van der Waals surface area contributed by atoms with E-state index in [0.717, 1.165) is 5.56 Å². The smallest absolute Gasteiger partial charge is 0.344 e. The van der Waals surface area contributed by atoms with Crippen LogP contribution in [0.3, 0.4) is 0 Å². The summed E-state index contributed by atoms with van der Waals surface area (Å²) in [5.74, 6) is 0.213. The summed E-state index contributed by atoms with van der Waals surface area (Å²) in [4.78, 5) is 11.1. The molecule has 104 valence electrons. The highest BCUT2D eigenvalue weighted by Gasteiger charge is 2.02. The molecule has 1 aromatic carbocycles. The molecule has 7 nitrogen and oxygen atoms in total. The van der Waals surface area contributed by atoms with Gasteiger partial charge < -0.3 is 9.47 Å². The summed E-state index contributed by atoms with van der Waals surface area (Å²) in [6.07, 6.45) is 4.65. The van der Waals surface area contributed by atoms with Crippen molar-refractivity contribution >= 4 is 12.2 Å². The molecule has 0 N–H and O–H groups in total. The zero-order valence-electron chi connectivity index (χ0n) is 11.0. The number of rotatable bonds is 6. The van der Waals surface area contributed by atoms with Crippen molar-refractivity contribution in [2.24, 2.45) is 5.10 Å². The summed E-state index contributed by atoms with van der Waals surface area (Å²) in [5, 5.41) is 11.4. The van der Waals surface area contributed by atoms with Gasteiger partial charge in [-0.3, -0.25) is 0 Å². The number of hydrogen-bond acceptors (Lipinski definition) is 6. The molecule has 2 rings (SSSR count). The van der Waals surface area contributed by atoms with Gasteiger partial charge in [-0.1, -0.05) is 0 Å². The Hall–Kier alpha value is -2.70. The lowest BCUT2D eigenvalue weighted by Crippen LogP contribution is -2.14. The molecule has 0 amide bonds. The normalized spacial score (nSPS) is 10.7. The lowest BCUT2D eigenvalue weighted by atomic mass is 10.2. The minimum Gasteiger partial charge on any atom is -0.482 e. The second-order valence-electron chi connectivity index (χ2n) is 3.75. The monoisotopic (exact) mass is 274 g/mol. The molecule has 0 spiro atoms. The Morgan fingerprint density at radius 3 is 2.65 bits per heavy atom. The number of carbonyl (C=O) groups is 1. The number of esters is 1. The van der Waals surface area contributed by atoms with Crippen molar-refractivity contribution < 1.29 is 14.3 Å². The number of ether oxygens (including phenoxy) is 2. The zero-order valence-corrected chi connectivity index (χ0v) is 11.0. The molecule has 0 bridgehead atoms. The largest absolute Gasteiger partial charge is 0.482 e. The van der Waals surface area contributed by atoms with Crippen LogP contribution in [0.1, 0.15) is 12.5 Å². The van der Waals surface area contributed by atoms with Crippen LogP contribution >= 0.6 is 0 Å². The highest BCUT2D eigenvalue weighted by atomic mass is 16.6. The summed E-state index contributed by atoms with van der Waals surface area (Å²) in [6, 6.07) is 7.17. The molecule has 7 heteroatoms. The van der Waals surface area contributed by atoms with E-state index < -0.39 is 0 Å². The molecule has 1 aromatic heterocycles. The van der Waals surface area contributed by atoms with Crippen molar-refractivity contribution in [3.05, 3.63) is 42.5 Å². The minimum absolute atomic E-state index is 0.0953. The van der Waals surface area contributed by atoms with E-state index >= 15 is 0 Å². The van der Waals surface area contributed by atoms with Gasteiger partial charge in [0.05, 0.1) is 12.8 Å². The van der Waals surface area contributed by atoms with Crippen molar-refractivity contribution in [3.63, 3.8) is 0 Å². The molecule has 0 aliphatic heterocycles. The molecule has 0 atom stereocenters. The lowest BCUT2D eigenvalue weighted by Gasteiger charge is -2.05. The van der Waals surface area contributed by atoms with Crippen LogP contribution in [0.4, 0.5) is 0 Å². The first-order chi connectivity index (χ1) is 9.78. The molecule has 0 saturated carbocycles. The molecule has 0 fully saturated rings. The fourth-order valence-electron chi connectivity index (χ4n) is 1.38. The molecule has 20 heavy (non-hydrogen) atoms. The van der Waals surface area contributed by atoms with Crippen molar-refractivity contribution in [2.45, 2.75) is 6.92 Å². The molecule has 2 aromatic rings. The maximum atomic E-state index is 11.1. The highest BCUT2D eigenvalue weighted by molar-refractivity contribution is 5.79. The molecular formula is C13H14N4O3. The maximum absolute atomic E-state index is 11.1. The van der Waals surface area contributed by atoms with Gasteiger partial charge in [-0.15, -0.1) is 10.2 Å². The standard InChI is InChI=1S/C13H14N4O3/c1-2-19-13(18)8-20-12-5-3-11(4-6-12)7-16-17-9-14-15-10-17/h3-7,9-10H,2,8H2,1H3/b16-7-. The first-order valence-electron chi connectivity index (χ1n) is 6.05. The average Bonchev–Trinajstić information content (AvgIpc) is 2.98. The van der Waals surface area contributed by atoms with E-state index in [1.165, 1.54) is 17.3 Å². The quantitative estimate of drug-likeness (QED) is 0.582. The number of hydrogen-bond donors (Lipinski definition) is 0. The van der Waals surface area contributed by atoms with Gasteiger partial charge >= 0.3 is 5.97 Å². The van der Waals surface area contributed by atoms with Crippen molar-refractivity contribution in [1.82, 2.24) is 14.9 Å². The maximum Gasteiger partial charge on any atom is 0.344 e. The average molecular weight is 274 g/mol. The zero-order chi connectivity index (χ0) is 14.2. The van der Waals surface area contributed by atoms with Gasteiger partial charge in [0.15, 0.2) is 6.61 Å². The first kappa shape index (κ1) is 13.7. The van der Waals surface area contributed by atoms with E-state index in [9.17, 15) is 4.79 Å². The van der Waals surface area contributed by atoms with Gasteiger partial charge in [-0.25, -0.2) is 9.47 Å². The summed E-state index contributed by atoms with van der Waals surface area (Å²) >= 11 is 0. The number of aromatic nitrogens is 3. The molecular weight excluding hydrogens is 260 g/mol. The number of benzene rings is 1. The Kier molecular flexibility index (Phi) is 4.82. The Morgan fingerprint density at radius 1 is 1.30 bits per heavy atom. The van der Waals surface area contributed by atoms with E-state index in [2.05, 4.69) is 15.3 Å². The van der Waals surface area contributed by atoms with Crippen LogP contribution < -0.4 is 4.74 Å². The fourth-order valence-corrected chi connectivity index (χ4v) is 1.38. The van der Waals surface area contributed by atoms with Crippen LogP contribution in [0.15, 0.2) is 42.0 Å². The van der Waals surface area contributed by atoms with Crippen LogP contribution in [0.25, 0.3) is 0 Å². The van der Waals surface area contributed by atoms with Gasteiger partial charge in [0.2, 0.25) is 0 Å². The van der Waals surface area contributed by atoms with Gasteiger partial charge in [0.25, 0.3) is 0 Å². The van der Waals surface area contributed by atoms with Gasteiger partial charge in [0, 0.05) is 0 Å². The van der Waals surface area contributed by atoms with Crippen LogP contribution in [0, 0.1) is 0 Å². The van der Waals surface area contributed by atoms with Gasteiger partial charge in [-0.2, -0.15) is 5.10 Å². The van der Waals surface area contributed by atoms with E-state index in [4.69, 9.17) is 9.47 Å². The third kappa shape index (κ3) is 4.20. The summed E-state index contributed by atoms with van der Waals surface area (Å²) in [7, 11) is 0. The summed E-state index contributed by atoms with van der Waals surface area (Å²) < 4.78 is 11.5. The summed E-state index contributed by atoms with van der Waals surface area (Å²) in [5.41, 5.74) is 0.891. The minimum atomic E-state index is -0.384. The second kappa shape index (κ2) is 7.03. The SMILES string of the molecule is CCOC(=O)COc1ccc(/C=N\n2cnnc2)cc1. The molecule has 1 heterocycles. The van der Waals surface area contributed by atoms with Crippen molar-refractivity contribution in [2.75, 3.05) is 13.2 Å². The van der Waals surface area contributed by atoms with Crippen LogP contribution in [-0.2, 0) is 9.53 Å². The highest BCUT2D eigenvalue weighted by Crippen LogP contribution is 2.11. The van der Waals surface area contributed by atoms with Crippen molar-refractivity contribution in [1.29, 1.82) is 0 Å². The van der Waals surface area contributed by atoms with Gasteiger partial charge in [-0.05, 0) is 36.8 Å². The van der Waals surface area contributed by atoms with E-state index in [0.29, 0.717) is 12.4 Å². The second-order valence-corrected chi connectivity index (χ2v) is 3.75.